The van der Waals surface area contributed by atoms with Crippen LogP contribution in [0.2, 0.25) is 0 Å². The Labute approximate surface area is 116 Å². The Balaban J connectivity index is 2.17. The highest BCUT2D eigenvalue weighted by atomic mass is 16.5. The van der Waals surface area contributed by atoms with Crippen LogP contribution in [0.1, 0.15) is 39.7 Å². The maximum atomic E-state index is 6.11. The molecule has 2 rings (SSSR count). The second kappa shape index (κ2) is 5.41. The number of hydrogen-bond donors (Lipinski definition) is 1. The van der Waals surface area contributed by atoms with Gasteiger partial charge in [-0.15, -0.1) is 0 Å². The first-order valence-electron chi connectivity index (χ1n) is 7.11. The molecule has 0 aromatic heterocycles. The topological polar surface area (TPSA) is 30.5 Å². The van der Waals surface area contributed by atoms with E-state index in [0.29, 0.717) is 6.04 Å². The van der Waals surface area contributed by atoms with Crippen molar-refractivity contribution < 1.29 is 9.47 Å². The third kappa shape index (κ3) is 3.03. The van der Waals surface area contributed by atoms with Gasteiger partial charge in [-0.2, -0.15) is 0 Å². The van der Waals surface area contributed by atoms with Crippen LogP contribution in [-0.2, 0) is 6.42 Å². The number of benzene rings is 1. The second-order valence-corrected chi connectivity index (χ2v) is 5.91. The van der Waals surface area contributed by atoms with Crippen molar-refractivity contribution in [3.63, 3.8) is 0 Å². The lowest BCUT2D eigenvalue weighted by Gasteiger charge is -2.25. The maximum Gasteiger partial charge on any atom is 0.165 e. The van der Waals surface area contributed by atoms with Crippen molar-refractivity contribution in [2.75, 3.05) is 7.05 Å². The van der Waals surface area contributed by atoms with Crippen molar-refractivity contribution in [3.8, 4) is 11.5 Å². The molecule has 0 aliphatic carbocycles. The minimum atomic E-state index is -0.127. The summed E-state index contributed by atoms with van der Waals surface area (Å²) >= 11 is 0. The molecule has 0 spiro atoms. The minimum absolute atomic E-state index is 0.119. The minimum Gasteiger partial charge on any atom is -0.485 e. The van der Waals surface area contributed by atoms with Gasteiger partial charge in [-0.1, -0.05) is 19.1 Å². The summed E-state index contributed by atoms with van der Waals surface area (Å²) in [6.07, 6.45) is 2.10. The molecule has 0 fully saturated rings. The summed E-state index contributed by atoms with van der Waals surface area (Å²) < 4.78 is 12.1. The van der Waals surface area contributed by atoms with Crippen molar-refractivity contribution in [2.45, 2.75) is 58.3 Å². The largest absolute Gasteiger partial charge is 0.485 e. The van der Waals surface area contributed by atoms with Crippen LogP contribution in [0.4, 0.5) is 0 Å². The van der Waals surface area contributed by atoms with Crippen LogP contribution >= 0.6 is 0 Å². The fourth-order valence-corrected chi connectivity index (χ4v) is 2.73. The second-order valence-electron chi connectivity index (χ2n) is 5.91. The van der Waals surface area contributed by atoms with E-state index in [1.807, 2.05) is 19.2 Å². The molecule has 1 heterocycles. The van der Waals surface area contributed by atoms with Gasteiger partial charge in [0.1, 0.15) is 11.7 Å². The first-order valence-corrected chi connectivity index (χ1v) is 7.11. The van der Waals surface area contributed by atoms with Gasteiger partial charge in [-0.3, -0.25) is 0 Å². The molecule has 1 aromatic carbocycles. The van der Waals surface area contributed by atoms with E-state index in [1.165, 1.54) is 5.56 Å². The van der Waals surface area contributed by atoms with Gasteiger partial charge in [0.15, 0.2) is 11.5 Å². The third-order valence-electron chi connectivity index (χ3n) is 3.75. The summed E-state index contributed by atoms with van der Waals surface area (Å²) in [5, 5.41) is 3.29. The number of likely N-dealkylation sites (N-methyl/N-ethyl adjacent to an activating group) is 1. The Bertz CT molecular complexity index is 438. The van der Waals surface area contributed by atoms with E-state index in [0.717, 1.165) is 24.3 Å². The van der Waals surface area contributed by atoms with Crippen LogP contribution in [-0.4, -0.2) is 24.8 Å². The number of nitrogens with one attached hydrogen (secondary N) is 1. The molecule has 0 radical (unpaired) electrons. The van der Waals surface area contributed by atoms with Gasteiger partial charge < -0.3 is 14.8 Å². The SMILES string of the molecule is CCC(NC)C(C)Oc1cccc2c1OC(C)(C)C2. The Morgan fingerprint density at radius 1 is 1.42 bits per heavy atom. The van der Waals surface area contributed by atoms with Crippen LogP contribution in [0.5, 0.6) is 11.5 Å². The van der Waals surface area contributed by atoms with Crippen molar-refractivity contribution in [2.24, 2.45) is 0 Å². The zero-order valence-electron chi connectivity index (χ0n) is 12.6. The van der Waals surface area contributed by atoms with Crippen LogP contribution in [0.15, 0.2) is 18.2 Å². The number of hydrogen-bond acceptors (Lipinski definition) is 3. The van der Waals surface area contributed by atoms with Gasteiger partial charge >= 0.3 is 0 Å². The molecule has 2 unspecified atom stereocenters. The molecule has 0 amide bonds. The average Bonchev–Trinajstić information content (AvgIpc) is 2.66. The lowest BCUT2D eigenvalue weighted by molar-refractivity contribution is 0.120. The first-order chi connectivity index (χ1) is 8.96. The van der Waals surface area contributed by atoms with E-state index in [1.54, 1.807) is 0 Å². The fourth-order valence-electron chi connectivity index (χ4n) is 2.73. The smallest absolute Gasteiger partial charge is 0.165 e. The average molecular weight is 263 g/mol. The van der Waals surface area contributed by atoms with Crippen molar-refractivity contribution in [1.82, 2.24) is 5.32 Å². The molecule has 1 aromatic rings. The third-order valence-corrected chi connectivity index (χ3v) is 3.75. The Kier molecular flexibility index (Phi) is 4.04. The van der Waals surface area contributed by atoms with E-state index in [4.69, 9.17) is 9.47 Å². The number of para-hydroxylation sites is 1. The van der Waals surface area contributed by atoms with E-state index in [2.05, 4.69) is 39.1 Å². The summed E-state index contributed by atoms with van der Waals surface area (Å²) in [4.78, 5) is 0. The zero-order valence-corrected chi connectivity index (χ0v) is 12.6. The van der Waals surface area contributed by atoms with Crippen molar-refractivity contribution in [1.29, 1.82) is 0 Å². The van der Waals surface area contributed by atoms with Gasteiger partial charge in [-0.25, -0.2) is 0 Å². The van der Waals surface area contributed by atoms with Crippen LogP contribution in [0.25, 0.3) is 0 Å². The highest BCUT2D eigenvalue weighted by Crippen LogP contribution is 2.42. The van der Waals surface area contributed by atoms with Gasteiger partial charge in [0, 0.05) is 18.0 Å². The maximum absolute atomic E-state index is 6.11. The Hall–Kier alpha value is -1.22. The van der Waals surface area contributed by atoms with E-state index >= 15 is 0 Å². The molecular formula is C16H25NO2. The van der Waals surface area contributed by atoms with Crippen molar-refractivity contribution >= 4 is 0 Å². The summed E-state index contributed by atoms with van der Waals surface area (Å²) in [7, 11) is 1.98. The normalized spacial score (nSPS) is 19.4. The molecule has 19 heavy (non-hydrogen) atoms. The first kappa shape index (κ1) is 14.2. The van der Waals surface area contributed by atoms with Crippen LogP contribution in [0, 0.1) is 0 Å². The van der Waals surface area contributed by atoms with Crippen LogP contribution < -0.4 is 14.8 Å². The van der Waals surface area contributed by atoms with Gasteiger partial charge in [0.2, 0.25) is 0 Å². The van der Waals surface area contributed by atoms with Gasteiger partial charge in [-0.05, 0) is 40.3 Å². The quantitative estimate of drug-likeness (QED) is 0.885. The Morgan fingerprint density at radius 2 is 2.16 bits per heavy atom. The molecule has 1 aliphatic heterocycles. The molecular weight excluding hydrogens is 238 g/mol. The fraction of sp³-hybridized carbons (Fsp3) is 0.625. The highest BCUT2D eigenvalue weighted by Gasteiger charge is 2.32. The lowest BCUT2D eigenvalue weighted by atomic mass is 10.0. The van der Waals surface area contributed by atoms with E-state index < -0.39 is 0 Å². The predicted octanol–water partition coefficient (Wildman–Crippen LogP) is 3.17. The van der Waals surface area contributed by atoms with Gasteiger partial charge in [0.05, 0.1) is 0 Å². The van der Waals surface area contributed by atoms with E-state index in [9.17, 15) is 0 Å². The summed E-state index contributed by atoms with van der Waals surface area (Å²) in [5.41, 5.74) is 1.12. The molecule has 0 bridgehead atoms. The molecule has 0 saturated carbocycles. The summed E-state index contributed by atoms with van der Waals surface area (Å²) in [6.45, 7) is 8.49. The highest BCUT2D eigenvalue weighted by molar-refractivity contribution is 5.50. The lowest BCUT2D eigenvalue weighted by Crippen LogP contribution is -2.38. The number of ether oxygens (including phenoxy) is 2. The molecule has 3 heteroatoms. The molecule has 106 valence electrons. The van der Waals surface area contributed by atoms with Gasteiger partial charge in [0.25, 0.3) is 0 Å². The molecule has 0 saturated heterocycles. The van der Waals surface area contributed by atoms with Crippen LogP contribution in [0.3, 0.4) is 0 Å². The zero-order chi connectivity index (χ0) is 14.0. The van der Waals surface area contributed by atoms with Crippen molar-refractivity contribution in [3.05, 3.63) is 23.8 Å². The molecule has 1 N–H and O–H groups in total. The van der Waals surface area contributed by atoms with E-state index in [-0.39, 0.29) is 11.7 Å². The summed E-state index contributed by atoms with van der Waals surface area (Å²) in [5.74, 6) is 1.79. The molecule has 3 nitrogen and oxygen atoms in total. The number of rotatable bonds is 5. The standard InChI is InChI=1S/C16H25NO2/c1-6-13(17-5)11(2)18-14-9-7-8-12-10-16(3,4)19-15(12)14/h7-9,11,13,17H,6,10H2,1-5H3. The molecule has 2 atom stereocenters. The monoisotopic (exact) mass is 263 g/mol. The number of fused-ring (bicyclic) bond motifs is 1. The molecule has 1 aliphatic rings. The summed E-state index contributed by atoms with van der Waals surface area (Å²) in [6, 6.07) is 6.52. The Morgan fingerprint density at radius 3 is 2.79 bits per heavy atom. The predicted molar refractivity (Wildman–Crippen MR) is 78.1 cm³/mol.